The van der Waals surface area contributed by atoms with Crippen molar-refractivity contribution in [2.75, 3.05) is 6.61 Å². The fourth-order valence-electron chi connectivity index (χ4n) is 1.09. The standard InChI is InChI=1S/C9H17BrN2O2Si/c1-15(2)4-3-14-7-12-5-8(6-13)11-9(12)10/h5,13,15H,3-4,6-7H2,1-2H3. The summed E-state index contributed by atoms with van der Waals surface area (Å²) < 4.78 is 8.06. The average Bonchev–Trinajstić information content (AvgIpc) is 2.54. The normalized spacial score (nSPS) is 11.3. The van der Waals surface area contributed by atoms with Crippen molar-refractivity contribution in [1.82, 2.24) is 9.55 Å². The quantitative estimate of drug-likeness (QED) is 0.640. The number of ether oxygens (including phenoxy) is 1. The van der Waals surface area contributed by atoms with Crippen LogP contribution in [0.5, 0.6) is 0 Å². The number of rotatable bonds is 6. The van der Waals surface area contributed by atoms with Crippen LogP contribution in [-0.4, -0.2) is 30.1 Å². The van der Waals surface area contributed by atoms with Crippen LogP contribution in [0.15, 0.2) is 10.9 Å². The predicted molar refractivity (Wildman–Crippen MR) is 65.5 cm³/mol. The van der Waals surface area contributed by atoms with E-state index in [1.807, 2.05) is 4.57 Å². The van der Waals surface area contributed by atoms with Crippen LogP contribution in [0.25, 0.3) is 0 Å². The number of imidazole rings is 1. The number of nitrogens with zero attached hydrogens (tertiary/aromatic N) is 2. The molecule has 1 N–H and O–H groups in total. The lowest BCUT2D eigenvalue weighted by molar-refractivity contribution is 0.0858. The molecule has 0 aliphatic heterocycles. The molecule has 0 unspecified atom stereocenters. The molecule has 1 aromatic rings. The van der Waals surface area contributed by atoms with Gasteiger partial charge in [0.05, 0.1) is 12.3 Å². The van der Waals surface area contributed by atoms with E-state index >= 15 is 0 Å². The molecule has 0 saturated heterocycles. The third kappa shape index (κ3) is 4.46. The SMILES string of the molecule is C[SiH](C)CCOCn1cc(CO)nc1Br. The number of hydrogen-bond acceptors (Lipinski definition) is 3. The van der Waals surface area contributed by atoms with Gasteiger partial charge in [-0.3, -0.25) is 0 Å². The Hall–Kier alpha value is -0.173. The zero-order valence-electron chi connectivity index (χ0n) is 9.11. The highest BCUT2D eigenvalue weighted by Gasteiger charge is 2.04. The van der Waals surface area contributed by atoms with E-state index in [1.165, 1.54) is 6.04 Å². The maximum atomic E-state index is 8.89. The van der Waals surface area contributed by atoms with Crippen molar-refractivity contribution < 1.29 is 9.84 Å². The fraction of sp³-hybridized carbons (Fsp3) is 0.667. The van der Waals surface area contributed by atoms with E-state index < -0.39 is 8.80 Å². The Morgan fingerprint density at radius 2 is 2.33 bits per heavy atom. The van der Waals surface area contributed by atoms with Crippen molar-refractivity contribution in [2.24, 2.45) is 0 Å². The first-order valence-corrected chi connectivity index (χ1v) is 8.95. The molecule has 1 aromatic heterocycles. The summed E-state index contributed by atoms with van der Waals surface area (Å²) >= 11 is 3.31. The van der Waals surface area contributed by atoms with Crippen LogP contribution in [0.2, 0.25) is 19.1 Å². The van der Waals surface area contributed by atoms with Crippen LogP contribution in [0.1, 0.15) is 5.69 Å². The molecule has 0 atom stereocenters. The highest BCUT2D eigenvalue weighted by atomic mass is 79.9. The summed E-state index contributed by atoms with van der Waals surface area (Å²) in [6.07, 6.45) is 1.79. The van der Waals surface area contributed by atoms with Gasteiger partial charge in [0.1, 0.15) is 6.73 Å². The molecule has 0 amide bonds. The highest BCUT2D eigenvalue weighted by molar-refractivity contribution is 9.10. The van der Waals surface area contributed by atoms with Gasteiger partial charge in [0.15, 0.2) is 4.73 Å². The highest BCUT2D eigenvalue weighted by Crippen LogP contribution is 2.10. The second kappa shape index (κ2) is 6.42. The molecule has 0 aliphatic rings. The summed E-state index contributed by atoms with van der Waals surface area (Å²) in [6, 6.07) is 1.19. The van der Waals surface area contributed by atoms with E-state index in [0.717, 1.165) is 6.61 Å². The van der Waals surface area contributed by atoms with Gasteiger partial charge in [0.25, 0.3) is 0 Å². The molecule has 86 valence electrons. The van der Waals surface area contributed by atoms with Gasteiger partial charge < -0.3 is 14.4 Å². The molecule has 0 aromatic carbocycles. The van der Waals surface area contributed by atoms with Crippen LogP contribution in [0, 0.1) is 0 Å². The van der Waals surface area contributed by atoms with E-state index in [-0.39, 0.29) is 6.61 Å². The number of aliphatic hydroxyl groups is 1. The second-order valence-corrected chi connectivity index (χ2v) is 7.92. The molecule has 0 saturated carbocycles. The van der Waals surface area contributed by atoms with Crippen molar-refractivity contribution in [3.8, 4) is 0 Å². The number of aliphatic hydroxyl groups excluding tert-OH is 1. The van der Waals surface area contributed by atoms with Gasteiger partial charge in [-0.05, 0) is 22.0 Å². The van der Waals surface area contributed by atoms with E-state index in [2.05, 4.69) is 34.0 Å². The van der Waals surface area contributed by atoms with Crippen LogP contribution in [0.3, 0.4) is 0 Å². The third-order valence-electron chi connectivity index (χ3n) is 2.01. The minimum Gasteiger partial charge on any atom is -0.390 e. The van der Waals surface area contributed by atoms with Gasteiger partial charge in [-0.15, -0.1) is 0 Å². The van der Waals surface area contributed by atoms with Crippen molar-refractivity contribution in [1.29, 1.82) is 0 Å². The maximum absolute atomic E-state index is 8.89. The molecular formula is C9H17BrN2O2Si. The summed E-state index contributed by atoms with van der Waals surface area (Å²) in [7, 11) is -0.511. The molecular weight excluding hydrogens is 276 g/mol. The van der Waals surface area contributed by atoms with E-state index in [4.69, 9.17) is 9.84 Å². The summed E-state index contributed by atoms with van der Waals surface area (Å²) in [5.74, 6) is 0. The van der Waals surface area contributed by atoms with Gasteiger partial charge in [-0.1, -0.05) is 13.1 Å². The second-order valence-electron chi connectivity index (χ2n) is 3.85. The first kappa shape index (κ1) is 12.9. The fourth-order valence-corrected chi connectivity index (χ4v) is 2.16. The van der Waals surface area contributed by atoms with Gasteiger partial charge >= 0.3 is 0 Å². The molecule has 15 heavy (non-hydrogen) atoms. The molecule has 1 rings (SSSR count). The largest absolute Gasteiger partial charge is 0.390 e. The Morgan fingerprint density at radius 1 is 1.60 bits per heavy atom. The van der Waals surface area contributed by atoms with Crippen LogP contribution in [0.4, 0.5) is 0 Å². The van der Waals surface area contributed by atoms with Gasteiger partial charge in [-0.25, -0.2) is 4.98 Å². The maximum Gasteiger partial charge on any atom is 0.179 e. The van der Waals surface area contributed by atoms with Crippen LogP contribution >= 0.6 is 15.9 Å². The molecule has 1 heterocycles. The summed E-state index contributed by atoms with van der Waals surface area (Å²) in [5.41, 5.74) is 0.656. The molecule has 4 nitrogen and oxygen atoms in total. The topological polar surface area (TPSA) is 47.3 Å². The lowest BCUT2D eigenvalue weighted by atomic mass is 10.5. The predicted octanol–water partition coefficient (Wildman–Crippen LogP) is 1.60. The minimum atomic E-state index is -0.511. The number of hydrogen-bond donors (Lipinski definition) is 1. The van der Waals surface area contributed by atoms with E-state index in [0.29, 0.717) is 17.2 Å². The van der Waals surface area contributed by atoms with Crippen molar-refractivity contribution in [3.05, 3.63) is 16.6 Å². The summed E-state index contributed by atoms with van der Waals surface area (Å²) in [4.78, 5) is 4.10. The van der Waals surface area contributed by atoms with Gasteiger partial charge in [0.2, 0.25) is 0 Å². The van der Waals surface area contributed by atoms with Crippen molar-refractivity contribution >= 4 is 24.7 Å². The zero-order chi connectivity index (χ0) is 11.3. The van der Waals surface area contributed by atoms with Crippen LogP contribution in [-0.2, 0) is 18.1 Å². The number of aromatic nitrogens is 2. The summed E-state index contributed by atoms with van der Waals surface area (Å²) in [6.45, 7) is 5.88. The Morgan fingerprint density at radius 3 is 2.87 bits per heavy atom. The molecule has 0 bridgehead atoms. The van der Waals surface area contributed by atoms with E-state index in [9.17, 15) is 0 Å². The third-order valence-corrected chi connectivity index (χ3v) is 4.03. The van der Waals surface area contributed by atoms with Gasteiger partial charge in [0, 0.05) is 21.6 Å². The molecule has 0 radical (unpaired) electrons. The minimum absolute atomic E-state index is 0.0372. The zero-order valence-corrected chi connectivity index (χ0v) is 11.9. The number of halogens is 1. The average molecular weight is 293 g/mol. The first-order valence-electron chi connectivity index (χ1n) is 5.03. The first-order chi connectivity index (χ1) is 7.13. The Balaban J connectivity index is 2.33. The van der Waals surface area contributed by atoms with Crippen molar-refractivity contribution in [2.45, 2.75) is 32.5 Å². The summed E-state index contributed by atoms with van der Waals surface area (Å²) in [5, 5.41) is 8.89. The van der Waals surface area contributed by atoms with E-state index in [1.54, 1.807) is 6.20 Å². The van der Waals surface area contributed by atoms with Crippen molar-refractivity contribution in [3.63, 3.8) is 0 Å². The monoisotopic (exact) mass is 292 g/mol. The lowest BCUT2D eigenvalue weighted by Crippen LogP contribution is -2.08. The molecule has 0 aliphatic carbocycles. The Labute approximate surface area is 100 Å². The molecule has 6 heteroatoms. The Bertz CT molecular complexity index is 304. The lowest BCUT2D eigenvalue weighted by Gasteiger charge is -2.06. The molecule has 0 spiro atoms. The van der Waals surface area contributed by atoms with Crippen LogP contribution < -0.4 is 0 Å². The Kier molecular flexibility index (Phi) is 5.52. The smallest absolute Gasteiger partial charge is 0.179 e. The van der Waals surface area contributed by atoms with Gasteiger partial charge in [-0.2, -0.15) is 0 Å². The molecule has 0 fully saturated rings.